The van der Waals surface area contributed by atoms with E-state index >= 15 is 0 Å². The number of carbonyl (C=O) groups is 3. The van der Waals surface area contributed by atoms with E-state index in [1.807, 2.05) is 0 Å². The Morgan fingerprint density at radius 1 is 1.38 bits per heavy atom. The number of rotatable bonds is 4. The molecule has 1 aliphatic heterocycles. The molecule has 8 heteroatoms. The summed E-state index contributed by atoms with van der Waals surface area (Å²) in [4.78, 5) is 45.2. The predicted molar refractivity (Wildman–Crippen MR) is 81.8 cm³/mol. The van der Waals surface area contributed by atoms with E-state index in [4.69, 9.17) is 0 Å². The number of aliphatic hydroxyl groups excluding tert-OH is 1. The molecule has 0 bridgehead atoms. The summed E-state index contributed by atoms with van der Waals surface area (Å²) in [6.45, 7) is 5.90. The summed E-state index contributed by atoms with van der Waals surface area (Å²) >= 11 is 0. The third kappa shape index (κ3) is 2.69. The number of carboxylic acids is 1. The largest absolute Gasteiger partial charge is 0.545 e. The van der Waals surface area contributed by atoms with E-state index < -0.39 is 29.9 Å². The van der Waals surface area contributed by atoms with Crippen molar-refractivity contribution in [3.05, 3.63) is 29.1 Å². The van der Waals surface area contributed by atoms with Crippen molar-refractivity contribution in [2.24, 2.45) is 10.9 Å². The van der Waals surface area contributed by atoms with Crippen molar-refractivity contribution in [3.8, 4) is 0 Å². The second-order valence-electron chi connectivity index (χ2n) is 6.04. The molecule has 0 spiro atoms. The Labute approximate surface area is 138 Å². The Balaban J connectivity index is 2.74. The highest BCUT2D eigenvalue weighted by molar-refractivity contribution is 6.24. The van der Waals surface area contributed by atoms with E-state index in [1.54, 1.807) is 20.8 Å². The minimum absolute atomic E-state index is 0.141. The summed E-state index contributed by atoms with van der Waals surface area (Å²) in [7, 11) is 0. The molecule has 0 aromatic carbocycles. The zero-order valence-electron chi connectivity index (χ0n) is 13.9. The summed E-state index contributed by atoms with van der Waals surface area (Å²) in [6, 6.07) is 2.53. The van der Waals surface area contributed by atoms with Crippen molar-refractivity contribution in [1.82, 2.24) is 9.88 Å². The first kappa shape index (κ1) is 17.7. The molecular formula is C16H18N3O5-. The highest BCUT2D eigenvalue weighted by Gasteiger charge is 2.49. The first-order valence-electron chi connectivity index (χ1n) is 7.41. The normalized spacial score (nSPS) is 20.5. The number of nitrogens with zero attached hydrogens (tertiary/aromatic N) is 3. The molecule has 0 radical (unpaired) electrons. The number of aliphatic hydroxyl groups is 1. The van der Waals surface area contributed by atoms with Crippen LogP contribution in [0.15, 0.2) is 17.1 Å². The van der Waals surface area contributed by atoms with Crippen LogP contribution in [0.3, 0.4) is 0 Å². The van der Waals surface area contributed by atoms with E-state index in [9.17, 15) is 24.6 Å². The third-order valence-electron chi connectivity index (χ3n) is 4.17. The molecular weight excluding hydrogens is 314 g/mol. The van der Waals surface area contributed by atoms with Gasteiger partial charge in [-0.2, -0.15) is 0 Å². The molecule has 2 rings (SSSR count). The molecule has 2 amide bonds. The molecule has 1 unspecified atom stereocenters. The van der Waals surface area contributed by atoms with Crippen molar-refractivity contribution < 1.29 is 24.6 Å². The van der Waals surface area contributed by atoms with E-state index in [-0.39, 0.29) is 28.7 Å². The van der Waals surface area contributed by atoms with Gasteiger partial charge in [0.1, 0.15) is 11.2 Å². The molecule has 1 aromatic heterocycles. The predicted octanol–water partition coefficient (Wildman–Crippen LogP) is -0.513. The van der Waals surface area contributed by atoms with Gasteiger partial charge in [-0.1, -0.05) is 13.8 Å². The first-order valence-corrected chi connectivity index (χ1v) is 7.41. The van der Waals surface area contributed by atoms with Gasteiger partial charge in [-0.05, 0) is 25.0 Å². The maximum absolute atomic E-state index is 12.7. The molecule has 0 saturated carbocycles. The highest BCUT2D eigenvalue weighted by atomic mass is 16.4. The quantitative estimate of drug-likeness (QED) is 0.792. The summed E-state index contributed by atoms with van der Waals surface area (Å²) < 4.78 is 0. The van der Waals surface area contributed by atoms with Crippen LogP contribution in [-0.2, 0) is 16.2 Å². The number of aromatic nitrogens is 1. The van der Waals surface area contributed by atoms with E-state index in [1.165, 1.54) is 19.1 Å². The van der Waals surface area contributed by atoms with Crippen LogP contribution in [0.2, 0.25) is 0 Å². The van der Waals surface area contributed by atoms with Crippen molar-refractivity contribution in [1.29, 1.82) is 0 Å². The fraction of sp³-hybridized carbons (Fsp3) is 0.438. The number of hydrogen-bond acceptors (Lipinski definition) is 7. The number of aromatic carboxylic acids is 1. The van der Waals surface area contributed by atoms with Crippen LogP contribution in [0.5, 0.6) is 0 Å². The molecule has 0 aliphatic carbocycles. The average molecular weight is 332 g/mol. The topological polar surface area (TPSA) is 123 Å². The number of pyridine rings is 1. The van der Waals surface area contributed by atoms with E-state index in [0.29, 0.717) is 0 Å². The molecule has 0 saturated heterocycles. The van der Waals surface area contributed by atoms with Gasteiger partial charge in [0.05, 0.1) is 18.3 Å². The Hall–Kier alpha value is -2.61. The van der Waals surface area contributed by atoms with Gasteiger partial charge in [-0.15, -0.1) is 0 Å². The molecule has 2 heterocycles. The molecule has 0 fully saturated rings. The van der Waals surface area contributed by atoms with Crippen LogP contribution >= 0.6 is 0 Å². The monoisotopic (exact) mass is 332 g/mol. The number of carboxylic acid groups (broad SMARTS) is 1. The Morgan fingerprint density at radius 2 is 2.00 bits per heavy atom. The molecule has 1 atom stereocenters. The van der Waals surface area contributed by atoms with Gasteiger partial charge >= 0.3 is 0 Å². The van der Waals surface area contributed by atoms with E-state index in [0.717, 1.165) is 4.90 Å². The summed E-state index contributed by atoms with van der Waals surface area (Å²) in [6.07, 6.45) is 0. The first-order chi connectivity index (χ1) is 11.1. The smallest absolute Gasteiger partial charge is 0.262 e. The summed E-state index contributed by atoms with van der Waals surface area (Å²) in [5.41, 5.74) is -1.50. The number of carbonyl (C=O) groups excluding carboxylic acids is 3. The fourth-order valence-electron chi connectivity index (χ4n) is 2.39. The number of amidine groups is 1. The van der Waals surface area contributed by atoms with E-state index in [2.05, 4.69) is 9.98 Å². The Bertz CT molecular complexity index is 756. The van der Waals surface area contributed by atoms with Gasteiger partial charge in [0.2, 0.25) is 5.91 Å². The molecule has 1 N–H and O–H groups in total. The number of amides is 2. The van der Waals surface area contributed by atoms with Gasteiger partial charge in [-0.25, -0.2) is 14.9 Å². The second-order valence-corrected chi connectivity index (χ2v) is 6.04. The van der Waals surface area contributed by atoms with Crippen LogP contribution in [0.25, 0.3) is 0 Å². The second kappa shape index (κ2) is 6.12. The SMILES string of the molecule is CC(=O)N1C(=O)C(C)(C(C)C)N=C1c1nc(CO)ccc1C(=O)[O-]. The zero-order valence-corrected chi connectivity index (χ0v) is 13.9. The lowest BCUT2D eigenvalue weighted by atomic mass is 9.89. The number of aliphatic imine (C=N–C) groups is 1. The molecule has 1 aromatic rings. The highest BCUT2D eigenvalue weighted by Crippen LogP contribution is 2.32. The zero-order chi connectivity index (χ0) is 18.2. The lowest BCUT2D eigenvalue weighted by Crippen LogP contribution is -2.46. The molecule has 128 valence electrons. The summed E-state index contributed by atoms with van der Waals surface area (Å²) in [5, 5.41) is 20.6. The van der Waals surface area contributed by atoms with Crippen LogP contribution in [-0.4, -0.2) is 44.1 Å². The van der Waals surface area contributed by atoms with Crippen molar-refractivity contribution in [2.45, 2.75) is 39.8 Å². The number of hydrogen-bond donors (Lipinski definition) is 1. The lowest BCUT2D eigenvalue weighted by molar-refractivity contribution is -0.255. The van der Waals surface area contributed by atoms with Crippen LogP contribution in [0.4, 0.5) is 0 Å². The van der Waals surface area contributed by atoms with Crippen molar-refractivity contribution in [2.75, 3.05) is 0 Å². The maximum atomic E-state index is 12.7. The van der Waals surface area contributed by atoms with Crippen LogP contribution in [0, 0.1) is 5.92 Å². The third-order valence-corrected chi connectivity index (χ3v) is 4.17. The van der Waals surface area contributed by atoms with Crippen molar-refractivity contribution >= 4 is 23.6 Å². The van der Waals surface area contributed by atoms with Gasteiger partial charge in [0.25, 0.3) is 5.91 Å². The number of imide groups is 1. The average Bonchev–Trinajstić information content (AvgIpc) is 2.79. The Kier molecular flexibility index (Phi) is 4.52. The van der Waals surface area contributed by atoms with Gasteiger partial charge in [-0.3, -0.25) is 9.59 Å². The fourth-order valence-corrected chi connectivity index (χ4v) is 2.39. The molecule has 24 heavy (non-hydrogen) atoms. The van der Waals surface area contributed by atoms with Crippen molar-refractivity contribution in [3.63, 3.8) is 0 Å². The van der Waals surface area contributed by atoms with Gasteiger partial charge in [0.15, 0.2) is 5.84 Å². The van der Waals surface area contributed by atoms with Crippen LogP contribution in [0.1, 0.15) is 49.4 Å². The maximum Gasteiger partial charge on any atom is 0.262 e. The standard InChI is InChI=1S/C16H19N3O5/c1-8(2)16(4)15(24)19(9(3)21)13(18-16)12-11(14(22)23)6-5-10(7-20)17-12/h5-6,8,20H,7H2,1-4H3,(H,22,23)/p-1. The lowest BCUT2D eigenvalue weighted by Gasteiger charge is -2.24. The Morgan fingerprint density at radius 3 is 2.46 bits per heavy atom. The molecule has 8 nitrogen and oxygen atoms in total. The summed E-state index contributed by atoms with van der Waals surface area (Å²) in [5.74, 6) is -3.02. The van der Waals surface area contributed by atoms with Gasteiger partial charge < -0.3 is 15.0 Å². The molecule has 1 aliphatic rings. The van der Waals surface area contributed by atoms with Gasteiger partial charge in [0, 0.05) is 12.5 Å². The minimum atomic E-state index is -1.52. The minimum Gasteiger partial charge on any atom is -0.545 e. The van der Waals surface area contributed by atoms with Crippen LogP contribution < -0.4 is 5.11 Å².